The number of hydrogen-bond donors (Lipinski definition) is 2. The zero-order valence-electron chi connectivity index (χ0n) is 8.39. The first kappa shape index (κ1) is 10.5. The van der Waals surface area contributed by atoms with Gasteiger partial charge in [-0.2, -0.15) is 0 Å². The highest BCUT2D eigenvalue weighted by atomic mass is 32.2. The Morgan fingerprint density at radius 1 is 1.40 bits per heavy atom. The Morgan fingerprint density at radius 3 is 2.73 bits per heavy atom. The Balaban J connectivity index is 1.98. The quantitative estimate of drug-likeness (QED) is 0.818. The van der Waals surface area contributed by atoms with Crippen LogP contribution in [0.25, 0.3) is 0 Å². The van der Waals surface area contributed by atoms with Crippen molar-refractivity contribution in [3.63, 3.8) is 0 Å². The number of aliphatic hydroxyl groups is 1. The van der Waals surface area contributed by atoms with Crippen LogP contribution in [-0.4, -0.2) is 34.0 Å². The predicted octanol–water partition coefficient (Wildman–Crippen LogP) is 1.70. The van der Waals surface area contributed by atoms with E-state index in [-0.39, 0.29) is 0 Å². The number of hydrogen-bond acceptors (Lipinski definition) is 3. The summed E-state index contributed by atoms with van der Waals surface area (Å²) in [4.78, 5) is 1.92. The van der Waals surface area contributed by atoms with Gasteiger partial charge in [-0.05, 0) is 5.56 Å². The molecule has 0 bridgehead atoms. The average Bonchev–Trinajstić information content (AvgIpc) is 2.66. The minimum atomic E-state index is -0.495. The Kier molecular flexibility index (Phi) is 3.28. The summed E-state index contributed by atoms with van der Waals surface area (Å²) in [6.07, 6.45) is -0.495. The lowest BCUT2D eigenvalue weighted by molar-refractivity contribution is 0.148. The zero-order valence-corrected chi connectivity index (χ0v) is 9.20. The second-order valence-corrected chi connectivity index (χ2v) is 4.61. The monoisotopic (exact) mass is 222 g/mol. The largest absolute Gasteiger partial charge is 0.387 e. The van der Waals surface area contributed by atoms with Gasteiger partial charge in [-0.15, -0.1) is 0 Å². The molecule has 1 heterocycles. The van der Waals surface area contributed by atoms with Crippen molar-refractivity contribution in [2.24, 2.45) is 0 Å². The molecule has 0 amide bonds. The summed E-state index contributed by atoms with van der Waals surface area (Å²) in [6.45, 7) is 1.39. The normalized spacial score (nSPS) is 18.2. The zero-order chi connectivity index (χ0) is 10.7. The lowest BCUT2D eigenvalue weighted by atomic mass is 10.1. The van der Waals surface area contributed by atoms with Crippen LogP contribution < -0.4 is 0 Å². The number of rotatable bonds is 3. The van der Waals surface area contributed by atoms with Crippen LogP contribution in [0.15, 0.2) is 30.3 Å². The van der Waals surface area contributed by atoms with Crippen molar-refractivity contribution in [1.29, 1.82) is 5.41 Å². The summed E-state index contributed by atoms with van der Waals surface area (Å²) in [6, 6.07) is 9.60. The molecule has 2 rings (SSSR count). The average molecular weight is 222 g/mol. The van der Waals surface area contributed by atoms with Crippen molar-refractivity contribution in [2.75, 3.05) is 18.8 Å². The first-order chi connectivity index (χ1) is 7.27. The predicted molar refractivity (Wildman–Crippen MR) is 63.2 cm³/mol. The number of nitrogens with one attached hydrogen (secondary N) is 1. The number of benzene rings is 1. The molecule has 0 saturated carbocycles. The van der Waals surface area contributed by atoms with Crippen LogP contribution >= 0.6 is 11.8 Å². The smallest absolute Gasteiger partial charge is 0.156 e. The molecule has 15 heavy (non-hydrogen) atoms. The van der Waals surface area contributed by atoms with Gasteiger partial charge in [0, 0.05) is 18.8 Å². The molecule has 1 aromatic rings. The molecule has 0 aliphatic carbocycles. The maximum Gasteiger partial charge on any atom is 0.156 e. The van der Waals surface area contributed by atoms with E-state index in [0.717, 1.165) is 17.9 Å². The standard InChI is InChI=1S/C11H14N2OS/c12-11-13(6-7-15-11)8-10(14)9-4-2-1-3-5-9/h1-5,10,12,14H,6-8H2. The van der Waals surface area contributed by atoms with Crippen LogP contribution in [0.2, 0.25) is 0 Å². The van der Waals surface area contributed by atoms with Gasteiger partial charge in [-0.1, -0.05) is 42.1 Å². The first-order valence-corrected chi connectivity index (χ1v) is 5.95. The van der Waals surface area contributed by atoms with Crippen molar-refractivity contribution >= 4 is 16.9 Å². The summed E-state index contributed by atoms with van der Waals surface area (Å²) in [7, 11) is 0. The van der Waals surface area contributed by atoms with Gasteiger partial charge < -0.3 is 10.0 Å². The first-order valence-electron chi connectivity index (χ1n) is 4.96. The summed E-state index contributed by atoms with van der Waals surface area (Å²) in [5, 5.41) is 18.2. The van der Waals surface area contributed by atoms with E-state index in [2.05, 4.69) is 0 Å². The third kappa shape index (κ3) is 2.52. The third-order valence-electron chi connectivity index (χ3n) is 2.46. The number of β-amino-alcohol motifs (C(OH)–C–C–N with tert-alkyl or cyclic N) is 1. The molecule has 1 aliphatic rings. The van der Waals surface area contributed by atoms with Crippen molar-refractivity contribution in [3.05, 3.63) is 35.9 Å². The van der Waals surface area contributed by atoms with Gasteiger partial charge in [0.1, 0.15) is 0 Å². The van der Waals surface area contributed by atoms with E-state index >= 15 is 0 Å². The Morgan fingerprint density at radius 2 is 2.13 bits per heavy atom. The lowest BCUT2D eigenvalue weighted by Crippen LogP contribution is -2.28. The number of thioether (sulfide) groups is 1. The van der Waals surface area contributed by atoms with Crippen LogP contribution in [0.1, 0.15) is 11.7 Å². The fraction of sp³-hybridized carbons (Fsp3) is 0.364. The van der Waals surface area contributed by atoms with Crippen LogP contribution in [-0.2, 0) is 0 Å². The molecular formula is C11H14N2OS. The minimum Gasteiger partial charge on any atom is -0.387 e. The Hall–Kier alpha value is -1.00. The van der Waals surface area contributed by atoms with Crippen molar-refractivity contribution in [2.45, 2.75) is 6.10 Å². The molecule has 0 spiro atoms. The molecule has 0 aromatic heterocycles. The molecule has 4 heteroatoms. The molecule has 1 fully saturated rings. The van der Waals surface area contributed by atoms with Gasteiger partial charge in [0.05, 0.1) is 6.10 Å². The van der Waals surface area contributed by atoms with Crippen LogP contribution in [0.3, 0.4) is 0 Å². The SMILES string of the molecule is N=C1SCCN1CC(O)c1ccccc1. The van der Waals surface area contributed by atoms with Crippen LogP contribution in [0, 0.1) is 5.41 Å². The highest BCUT2D eigenvalue weighted by Crippen LogP contribution is 2.20. The van der Waals surface area contributed by atoms with Gasteiger partial charge in [0.25, 0.3) is 0 Å². The Bertz CT molecular complexity index is 342. The van der Waals surface area contributed by atoms with E-state index in [1.54, 1.807) is 11.8 Å². The van der Waals surface area contributed by atoms with E-state index < -0.39 is 6.10 Å². The van der Waals surface area contributed by atoms with E-state index in [0.29, 0.717) is 11.7 Å². The summed E-state index contributed by atoms with van der Waals surface area (Å²) in [5.74, 6) is 0.959. The van der Waals surface area contributed by atoms with E-state index in [9.17, 15) is 5.11 Å². The molecule has 1 aliphatic heterocycles. The molecule has 80 valence electrons. The van der Waals surface area contributed by atoms with E-state index in [1.807, 2.05) is 35.2 Å². The van der Waals surface area contributed by atoms with Crippen molar-refractivity contribution in [3.8, 4) is 0 Å². The lowest BCUT2D eigenvalue weighted by Gasteiger charge is -2.20. The molecule has 3 nitrogen and oxygen atoms in total. The Labute approximate surface area is 93.6 Å². The maximum atomic E-state index is 9.95. The van der Waals surface area contributed by atoms with Gasteiger partial charge in [0.2, 0.25) is 0 Å². The van der Waals surface area contributed by atoms with Gasteiger partial charge in [-0.3, -0.25) is 5.41 Å². The van der Waals surface area contributed by atoms with Gasteiger partial charge in [0.15, 0.2) is 5.17 Å². The summed E-state index contributed by atoms with van der Waals surface area (Å²) >= 11 is 1.54. The van der Waals surface area contributed by atoms with Crippen LogP contribution in [0.5, 0.6) is 0 Å². The fourth-order valence-electron chi connectivity index (χ4n) is 1.61. The van der Waals surface area contributed by atoms with Crippen molar-refractivity contribution in [1.82, 2.24) is 4.90 Å². The maximum absolute atomic E-state index is 9.95. The second kappa shape index (κ2) is 4.68. The second-order valence-electron chi connectivity index (χ2n) is 3.53. The highest BCUT2D eigenvalue weighted by Gasteiger charge is 2.20. The topological polar surface area (TPSA) is 47.3 Å². The molecule has 1 unspecified atom stereocenters. The third-order valence-corrected chi connectivity index (χ3v) is 3.38. The van der Waals surface area contributed by atoms with Gasteiger partial charge in [-0.25, -0.2) is 0 Å². The molecule has 0 radical (unpaired) electrons. The minimum absolute atomic E-state index is 0.495. The molecular weight excluding hydrogens is 208 g/mol. The molecule has 1 aromatic carbocycles. The van der Waals surface area contributed by atoms with Crippen LogP contribution in [0.4, 0.5) is 0 Å². The number of amidine groups is 1. The van der Waals surface area contributed by atoms with Gasteiger partial charge >= 0.3 is 0 Å². The fourth-order valence-corrected chi connectivity index (χ4v) is 2.46. The molecule has 2 N–H and O–H groups in total. The van der Waals surface area contributed by atoms with Crippen molar-refractivity contribution < 1.29 is 5.11 Å². The molecule has 1 saturated heterocycles. The number of aliphatic hydroxyl groups excluding tert-OH is 1. The van der Waals surface area contributed by atoms with E-state index in [4.69, 9.17) is 5.41 Å². The van der Waals surface area contributed by atoms with E-state index in [1.165, 1.54) is 0 Å². The number of nitrogens with zero attached hydrogens (tertiary/aromatic N) is 1. The summed E-state index contributed by atoms with van der Waals surface area (Å²) < 4.78 is 0. The summed E-state index contributed by atoms with van der Waals surface area (Å²) in [5.41, 5.74) is 0.919. The molecule has 1 atom stereocenters. The highest BCUT2D eigenvalue weighted by molar-refractivity contribution is 8.14.